The highest BCUT2D eigenvalue weighted by Crippen LogP contribution is 2.24. The van der Waals surface area contributed by atoms with Gasteiger partial charge in [0.2, 0.25) is 0 Å². The molecule has 1 aromatic heterocycles. The van der Waals surface area contributed by atoms with E-state index >= 15 is 0 Å². The number of rotatable bonds is 2. The van der Waals surface area contributed by atoms with Crippen LogP contribution in [0.15, 0.2) is 18.2 Å². The molecule has 0 spiro atoms. The second-order valence-corrected chi connectivity index (χ2v) is 3.81. The third kappa shape index (κ3) is 1.24. The van der Waals surface area contributed by atoms with Crippen molar-refractivity contribution in [1.82, 2.24) is 4.57 Å². The minimum Gasteiger partial charge on any atom is -0.345 e. The maximum atomic E-state index is 3.15. The second-order valence-electron chi connectivity index (χ2n) is 3.81. The Morgan fingerprint density at radius 3 is 2.86 bits per heavy atom. The predicted octanol–water partition coefficient (Wildman–Crippen LogP) is 3.47. The lowest BCUT2D eigenvalue weighted by molar-refractivity contribution is 0.684. The molecule has 1 heteroatoms. The highest BCUT2D eigenvalue weighted by molar-refractivity contribution is 5.85. The van der Waals surface area contributed by atoms with E-state index in [1.54, 1.807) is 0 Å². The van der Waals surface area contributed by atoms with Gasteiger partial charge in [0.05, 0.1) is 0 Å². The van der Waals surface area contributed by atoms with Crippen molar-refractivity contribution < 1.29 is 0 Å². The quantitative estimate of drug-likeness (QED) is 0.676. The lowest BCUT2D eigenvalue weighted by Gasteiger charge is -2.05. The highest BCUT2D eigenvalue weighted by atomic mass is 15.0. The van der Waals surface area contributed by atoms with Crippen molar-refractivity contribution >= 4 is 10.9 Å². The second kappa shape index (κ2) is 3.49. The first-order chi connectivity index (χ1) is 6.75. The summed E-state index contributed by atoms with van der Waals surface area (Å²) < 4.78 is 2.40. The Labute approximate surface area is 85.4 Å². The fraction of sp³-hybridized carbons (Fsp3) is 0.385. The monoisotopic (exact) mass is 186 g/mol. The van der Waals surface area contributed by atoms with Gasteiger partial charge in [0, 0.05) is 23.1 Å². The average Bonchev–Trinajstić information content (AvgIpc) is 2.45. The molecule has 0 saturated carbocycles. The first-order valence-electron chi connectivity index (χ1n) is 5.21. The van der Waals surface area contributed by atoms with Gasteiger partial charge >= 0.3 is 0 Å². The number of aryl methyl sites for hydroxylation is 2. The van der Waals surface area contributed by atoms with E-state index in [2.05, 4.69) is 43.5 Å². The number of aromatic nitrogens is 1. The smallest absolute Gasteiger partial charge is 0.0485 e. The van der Waals surface area contributed by atoms with Gasteiger partial charge in [-0.2, -0.15) is 0 Å². The first-order valence-corrected chi connectivity index (χ1v) is 5.21. The summed E-state index contributed by atoms with van der Waals surface area (Å²) in [7, 11) is 0. The zero-order chi connectivity index (χ0) is 10.1. The molecular formula is C13H16N. The van der Waals surface area contributed by atoms with Crippen LogP contribution in [0.25, 0.3) is 10.9 Å². The van der Waals surface area contributed by atoms with E-state index in [-0.39, 0.29) is 0 Å². The van der Waals surface area contributed by atoms with Crippen LogP contribution in [0, 0.1) is 19.9 Å². The number of fused-ring (bicyclic) bond motifs is 1. The fourth-order valence-electron chi connectivity index (χ4n) is 2.05. The van der Waals surface area contributed by atoms with Crippen molar-refractivity contribution in [2.45, 2.75) is 33.7 Å². The Morgan fingerprint density at radius 2 is 2.14 bits per heavy atom. The van der Waals surface area contributed by atoms with Gasteiger partial charge in [0.1, 0.15) is 0 Å². The number of benzene rings is 1. The van der Waals surface area contributed by atoms with Crippen LogP contribution in [0.1, 0.15) is 24.6 Å². The summed E-state index contributed by atoms with van der Waals surface area (Å²) in [6, 6.07) is 9.38. The van der Waals surface area contributed by atoms with Crippen LogP contribution in [0.2, 0.25) is 0 Å². The van der Waals surface area contributed by atoms with E-state index in [9.17, 15) is 0 Å². The molecule has 0 bridgehead atoms. The molecule has 0 unspecified atom stereocenters. The molecule has 1 radical (unpaired) electrons. The normalized spacial score (nSPS) is 11.1. The molecule has 0 atom stereocenters. The summed E-state index contributed by atoms with van der Waals surface area (Å²) in [6.07, 6.45) is 1.18. The predicted molar refractivity (Wildman–Crippen MR) is 60.5 cm³/mol. The van der Waals surface area contributed by atoms with Gasteiger partial charge in [-0.05, 0) is 44.0 Å². The zero-order valence-electron chi connectivity index (χ0n) is 9.09. The minimum atomic E-state index is 1.11. The van der Waals surface area contributed by atoms with Crippen LogP contribution in [0.4, 0.5) is 0 Å². The Kier molecular flexibility index (Phi) is 2.32. The zero-order valence-corrected chi connectivity index (χ0v) is 9.09. The van der Waals surface area contributed by atoms with E-state index < -0.39 is 0 Å². The topological polar surface area (TPSA) is 4.93 Å². The van der Waals surface area contributed by atoms with Crippen LogP contribution < -0.4 is 0 Å². The fourth-order valence-corrected chi connectivity index (χ4v) is 2.05. The Bertz CT molecular complexity index is 451. The molecule has 1 nitrogen and oxygen atoms in total. The van der Waals surface area contributed by atoms with Crippen molar-refractivity contribution in [2.24, 2.45) is 0 Å². The van der Waals surface area contributed by atoms with E-state index in [1.807, 2.05) is 6.07 Å². The Morgan fingerprint density at radius 1 is 1.36 bits per heavy atom. The molecule has 2 aromatic rings. The van der Waals surface area contributed by atoms with Crippen LogP contribution in [-0.2, 0) is 6.54 Å². The molecule has 2 rings (SSSR count). The Hall–Kier alpha value is -1.24. The van der Waals surface area contributed by atoms with Gasteiger partial charge in [-0.3, -0.25) is 0 Å². The lowest BCUT2D eigenvalue weighted by Crippen LogP contribution is -1.98. The average molecular weight is 186 g/mol. The van der Waals surface area contributed by atoms with Crippen LogP contribution in [-0.4, -0.2) is 4.57 Å². The maximum Gasteiger partial charge on any atom is 0.0485 e. The third-order valence-electron chi connectivity index (χ3n) is 2.93. The molecule has 0 aliphatic heterocycles. The van der Waals surface area contributed by atoms with Gasteiger partial charge in [0.15, 0.2) is 0 Å². The molecule has 0 fully saturated rings. The minimum absolute atomic E-state index is 1.11. The molecule has 0 N–H and O–H groups in total. The molecule has 0 aliphatic carbocycles. The van der Waals surface area contributed by atoms with Crippen molar-refractivity contribution in [3.8, 4) is 0 Å². The molecule has 0 aliphatic rings. The van der Waals surface area contributed by atoms with Gasteiger partial charge in [0.25, 0.3) is 0 Å². The summed E-state index contributed by atoms with van der Waals surface area (Å²) in [5.41, 5.74) is 4.13. The third-order valence-corrected chi connectivity index (χ3v) is 2.93. The first kappa shape index (κ1) is 9.32. The van der Waals surface area contributed by atoms with E-state index in [4.69, 9.17) is 0 Å². The molecule has 1 aromatic carbocycles. The van der Waals surface area contributed by atoms with E-state index in [0.717, 1.165) is 6.54 Å². The largest absolute Gasteiger partial charge is 0.345 e. The summed E-state index contributed by atoms with van der Waals surface area (Å²) in [5, 5.41) is 1.35. The van der Waals surface area contributed by atoms with Gasteiger partial charge in [-0.15, -0.1) is 0 Å². The molecular weight excluding hydrogens is 170 g/mol. The number of hydrogen-bond acceptors (Lipinski definition) is 0. The van der Waals surface area contributed by atoms with Gasteiger partial charge in [-0.25, -0.2) is 0 Å². The van der Waals surface area contributed by atoms with E-state index in [0.29, 0.717) is 0 Å². The van der Waals surface area contributed by atoms with Gasteiger partial charge < -0.3 is 4.57 Å². The molecule has 0 amide bonds. The lowest BCUT2D eigenvalue weighted by atomic mass is 10.2. The molecule has 73 valence electrons. The Balaban J connectivity index is 2.74. The van der Waals surface area contributed by atoms with E-state index in [1.165, 1.54) is 28.6 Å². The number of nitrogens with zero attached hydrogens (tertiary/aromatic N) is 1. The van der Waals surface area contributed by atoms with Crippen LogP contribution in [0.3, 0.4) is 0 Å². The van der Waals surface area contributed by atoms with Crippen molar-refractivity contribution in [1.29, 1.82) is 0 Å². The number of hydrogen-bond donors (Lipinski definition) is 0. The molecule has 14 heavy (non-hydrogen) atoms. The van der Waals surface area contributed by atoms with Crippen molar-refractivity contribution in [3.63, 3.8) is 0 Å². The molecule has 0 saturated heterocycles. The highest BCUT2D eigenvalue weighted by Gasteiger charge is 2.08. The summed E-state index contributed by atoms with van der Waals surface area (Å²) in [4.78, 5) is 0. The van der Waals surface area contributed by atoms with Crippen molar-refractivity contribution in [3.05, 3.63) is 35.5 Å². The standard InChI is InChI=1S/C13H16N/c1-4-9-14-11(3)10(2)12-7-5-6-8-13(12)14/h6-8H,4,9H2,1-3H3. The SMILES string of the molecule is CCCn1c(C)c(C)c2c[c]ccc21. The van der Waals surface area contributed by atoms with Crippen molar-refractivity contribution in [2.75, 3.05) is 0 Å². The maximum absolute atomic E-state index is 3.15. The summed E-state index contributed by atoms with van der Waals surface area (Å²) in [5.74, 6) is 0. The van der Waals surface area contributed by atoms with Crippen LogP contribution in [0.5, 0.6) is 0 Å². The molecule has 1 heterocycles. The summed E-state index contributed by atoms with van der Waals surface area (Å²) >= 11 is 0. The van der Waals surface area contributed by atoms with Gasteiger partial charge in [-0.1, -0.05) is 13.0 Å². The summed E-state index contributed by atoms with van der Waals surface area (Å²) in [6.45, 7) is 7.72. The van der Waals surface area contributed by atoms with Crippen LogP contribution >= 0.6 is 0 Å².